The van der Waals surface area contributed by atoms with Crippen molar-refractivity contribution in [3.8, 4) is 0 Å². The van der Waals surface area contributed by atoms with Gasteiger partial charge in [0, 0.05) is 18.0 Å². The minimum atomic E-state index is 0.0728. The molecule has 0 aliphatic rings. The van der Waals surface area contributed by atoms with Crippen molar-refractivity contribution in [3.63, 3.8) is 0 Å². The van der Waals surface area contributed by atoms with Crippen LogP contribution >= 0.6 is 15.9 Å². The van der Waals surface area contributed by atoms with Crippen LogP contribution in [0.3, 0.4) is 0 Å². The van der Waals surface area contributed by atoms with Crippen molar-refractivity contribution in [2.75, 3.05) is 13.6 Å². The van der Waals surface area contributed by atoms with Crippen LogP contribution in [-0.2, 0) is 7.05 Å². The molecule has 1 heterocycles. The third kappa shape index (κ3) is 1.76. The number of aryl methyl sites for hydroxylation is 1. The zero-order valence-electron chi connectivity index (χ0n) is 9.12. The summed E-state index contributed by atoms with van der Waals surface area (Å²) in [6.45, 7) is 0.335. The Labute approximate surface area is 102 Å². The number of rotatable bonds is 3. The summed E-state index contributed by atoms with van der Waals surface area (Å²) >= 11 is 3.38. The SMILES string of the molecule is CNCC(=O)c1cccc2c(Br)nn(C)c12. The highest BCUT2D eigenvalue weighted by atomic mass is 79.9. The predicted octanol–water partition coefficient (Wildman–Crippen LogP) is 1.74. The van der Waals surface area contributed by atoms with Gasteiger partial charge in [-0.05, 0) is 35.1 Å². The molecule has 0 aliphatic heterocycles. The summed E-state index contributed by atoms with van der Waals surface area (Å²) in [7, 11) is 3.60. The van der Waals surface area contributed by atoms with Gasteiger partial charge >= 0.3 is 0 Å². The van der Waals surface area contributed by atoms with Crippen LogP contribution in [0.15, 0.2) is 22.8 Å². The second-order valence-corrected chi connectivity index (χ2v) is 4.32. The van der Waals surface area contributed by atoms with Gasteiger partial charge in [0.05, 0.1) is 12.1 Å². The second kappa shape index (κ2) is 4.35. The summed E-state index contributed by atoms with van der Waals surface area (Å²) in [6.07, 6.45) is 0. The molecular weight excluding hydrogens is 270 g/mol. The number of likely N-dealkylation sites (N-methyl/N-ethyl adjacent to an activating group) is 1. The monoisotopic (exact) mass is 281 g/mol. The van der Waals surface area contributed by atoms with Crippen molar-refractivity contribution >= 4 is 32.6 Å². The Morgan fingerprint density at radius 3 is 3.00 bits per heavy atom. The van der Waals surface area contributed by atoms with E-state index in [-0.39, 0.29) is 5.78 Å². The van der Waals surface area contributed by atoms with Crippen molar-refractivity contribution in [2.24, 2.45) is 7.05 Å². The van der Waals surface area contributed by atoms with Gasteiger partial charge in [0.1, 0.15) is 4.60 Å². The van der Waals surface area contributed by atoms with Crippen LogP contribution in [0.1, 0.15) is 10.4 Å². The summed E-state index contributed by atoms with van der Waals surface area (Å²) < 4.78 is 2.49. The Bertz CT molecular complexity index is 547. The lowest BCUT2D eigenvalue weighted by molar-refractivity contribution is 0.0995. The smallest absolute Gasteiger partial charge is 0.178 e. The minimum absolute atomic E-state index is 0.0728. The van der Waals surface area contributed by atoms with E-state index in [9.17, 15) is 4.79 Å². The maximum absolute atomic E-state index is 11.9. The van der Waals surface area contributed by atoms with Crippen molar-refractivity contribution in [1.29, 1.82) is 0 Å². The third-order valence-corrected chi connectivity index (χ3v) is 3.04. The van der Waals surface area contributed by atoms with E-state index in [1.807, 2.05) is 25.2 Å². The molecule has 0 aliphatic carbocycles. The molecule has 4 nitrogen and oxygen atoms in total. The molecule has 1 aromatic heterocycles. The van der Waals surface area contributed by atoms with Crippen molar-refractivity contribution in [2.45, 2.75) is 0 Å². The van der Waals surface area contributed by atoms with E-state index in [0.717, 1.165) is 15.5 Å². The fourth-order valence-electron chi connectivity index (χ4n) is 1.77. The molecule has 5 heteroatoms. The fraction of sp³-hybridized carbons (Fsp3) is 0.273. The molecule has 0 radical (unpaired) electrons. The number of aromatic nitrogens is 2. The van der Waals surface area contributed by atoms with Gasteiger partial charge in [0.15, 0.2) is 5.78 Å². The minimum Gasteiger partial charge on any atom is -0.313 e. The van der Waals surface area contributed by atoms with E-state index < -0.39 is 0 Å². The average Bonchev–Trinajstić information content (AvgIpc) is 2.55. The molecule has 0 atom stereocenters. The quantitative estimate of drug-likeness (QED) is 0.872. The van der Waals surface area contributed by atoms with Gasteiger partial charge < -0.3 is 5.32 Å². The van der Waals surface area contributed by atoms with E-state index in [1.165, 1.54) is 0 Å². The molecule has 0 saturated heterocycles. The maximum atomic E-state index is 11.9. The molecule has 1 aromatic carbocycles. The first-order valence-corrected chi connectivity index (χ1v) is 5.73. The van der Waals surface area contributed by atoms with Crippen molar-refractivity contribution in [3.05, 3.63) is 28.4 Å². The number of hydrogen-bond donors (Lipinski definition) is 1. The van der Waals surface area contributed by atoms with Crippen LogP contribution in [0.25, 0.3) is 10.9 Å². The Morgan fingerprint density at radius 1 is 1.56 bits per heavy atom. The number of fused-ring (bicyclic) bond motifs is 1. The first-order chi connectivity index (χ1) is 7.65. The largest absolute Gasteiger partial charge is 0.313 e. The Hall–Kier alpha value is -1.20. The molecule has 0 unspecified atom stereocenters. The number of carbonyl (C=O) groups is 1. The summed E-state index contributed by atoms with van der Waals surface area (Å²) in [5.74, 6) is 0.0728. The molecule has 0 amide bonds. The molecule has 16 heavy (non-hydrogen) atoms. The lowest BCUT2D eigenvalue weighted by atomic mass is 10.1. The van der Waals surface area contributed by atoms with Gasteiger partial charge in [0.2, 0.25) is 0 Å². The molecule has 0 spiro atoms. The van der Waals surface area contributed by atoms with Crippen LogP contribution in [0, 0.1) is 0 Å². The molecule has 0 fully saturated rings. The number of benzene rings is 1. The Kier molecular flexibility index (Phi) is 3.07. The lowest BCUT2D eigenvalue weighted by Gasteiger charge is -2.03. The van der Waals surface area contributed by atoms with Crippen molar-refractivity contribution < 1.29 is 4.79 Å². The number of nitrogens with zero attached hydrogens (tertiary/aromatic N) is 2. The number of ketones is 1. The van der Waals surface area contributed by atoms with Gasteiger partial charge in [-0.25, -0.2) is 0 Å². The van der Waals surface area contributed by atoms with E-state index in [1.54, 1.807) is 11.7 Å². The number of nitrogens with one attached hydrogen (secondary N) is 1. The standard InChI is InChI=1S/C11H12BrN3O/c1-13-6-9(16)7-4-3-5-8-10(7)15(2)14-11(8)12/h3-5,13H,6H2,1-2H3. The van der Waals surface area contributed by atoms with Gasteiger partial charge in [-0.1, -0.05) is 6.07 Å². The number of Topliss-reactive ketones (excluding diaryl/α,β-unsaturated/α-hetero) is 1. The first kappa shape index (κ1) is 11.3. The van der Waals surface area contributed by atoms with Crippen LogP contribution in [0.5, 0.6) is 0 Å². The number of halogens is 1. The van der Waals surface area contributed by atoms with Gasteiger partial charge in [0.25, 0.3) is 0 Å². The van der Waals surface area contributed by atoms with E-state index in [4.69, 9.17) is 0 Å². The third-order valence-electron chi connectivity index (χ3n) is 2.46. The number of hydrogen-bond acceptors (Lipinski definition) is 3. The molecule has 0 bridgehead atoms. The highest BCUT2D eigenvalue weighted by Crippen LogP contribution is 2.25. The zero-order chi connectivity index (χ0) is 11.7. The average molecular weight is 282 g/mol. The zero-order valence-corrected chi connectivity index (χ0v) is 10.7. The summed E-state index contributed by atoms with van der Waals surface area (Å²) in [6, 6.07) is 5.65. The topological polar surface area (TPSA) is 46.9 Å². The molecule has 2 aromatic rings. The highest BCUT2D eigenvalue weighted by molar-refractivity contribution is 9.10. The first-order valence-electron chi connectivity index (χ1n) is 4.94. The molecule has 1 N–H and O–H groups in total. The Balaban J connectivity index is 2.66. The molecule has 2 rings (SSSR count). The highest BCUT2D eigenvalue weighted by Gasteiger charge is 2.14. The molecule has 0 saturated carbocycles. The normalized spacial score (nSPS) is 10.9. The number of para-hydroxylation sites is 1. The summed E-state index contributed by atoms with van der Waals surface area (Å²) in [5.41, 5.74) is 1.57. The summed E-state index contributed by atoms with van der Waals surface area (Å²) in [4.78, 5) is 11.9. The predicted molar refractivity (Wildman–Crippen MR) is 66.7 cm³/mol. The van der Waals surface area contributed by atoms with E-state index in [0.29, 0.717) is 12.1 Å². The molecule has 84 valence electrons. The Morgan fingerprint density at radius 2 is 2.31 bits per heavy atom. The van der Waals surface area contributed by atoms with E-state index >= 15 is 0 Å². The van der Waals surface area contributed by atoms with Crippen LogP contribution in [0.2, 0.25) is 0 Å². The van der Waals surface area contributed by atoms with Crippen LogP contribution in [-0.4, -0.2) is 29.2 Å². The molecular formula is C11H12BrN3O. The van der Waals surface area contributed by atoms with Gasteiger partial charge in [-0.3, -0.25) is 9.48 Å². The lowest BCUT2D eigenvalue weighted by Crippen LogP contribution is -2.19. The van der Waals surface area contributed by atoms with Crippen LogP contribution < -0.4 is 5.32 Å². The fourth-order valence-corrected chi connectivity index (χ4v) is 2.33. The van der Waals surface area contributed by atoms with Crippen LogP contribution in [0.4, 0.5) is 0 Å². The van der Waals surface area contributed by atoms with Gasteiger partial charge in [-0.15, -0.1) is 0 Å². The summed E-state index contributed by atoms with van der Waals surface area (Å²) in [5, 5.41) is 8.08. The second-order valence-electron chi connectivity index (χ2n) is 3.57. The van der Waals surface area contributed by atoms with Gasteiger partial charge in [-0.2, -0.15) is 5.10 Å². The van der Waals surface area contributed by atoms with Crippen molar-refractivity contribution in [1.82, 2.24) is 15.1 Å². The maximum Gasteiger partial charge on any atom is 0.178 e. The van der Waals surface area contributed by atoms with E-state index in [2.05, 4.69) is 26.3 Å². The number of carbonyl (C=O) groups excluding carboxylic acids is 1.